The molecule has 3 N–H and O–H groups in total. The Kier molecular flexibility index (Phi) is 7.19. The van der Waals surface area contributed by atoms with E-state index in [4.69, 9.17) is 9.84 Å². The number of aliphatic carboxylic acids is 1. The maximum Gasteiger partial charge on any atom is 0.323 e. The molecule has 6 nitrogen and oxygen atoms in total. The van der Waals surface area contributed by atoms with Crippen LogP contribution in [0.3, 0.4) is 0 Å². The highest BCUT2D eigenvalue weighted by Gasteiger charge is 2.21. The monoisotopic (exact) mass is 405 g/mol. The zero-order chi connectivity index (χ0) is 21.3. The van der Waals surface area contributed by atoms with Gasteiger partial charge >= 0.3 is 11.9 Å². The highest BCUT2D eigenvalue weighted by Crippen LogP contribution is 2.23. The van der Waals surface area contributed by atoms with Crippen LogP contribution in [0.5, 0.6) is 5.75 Å². The highest BCUT2D eigenvalue weighted by atomic mass is 16.5. The van der Waals surface area contributed by atoms with Crippen molar-refractivity contribution in [3.05, 3.63) is 90.0 Å². The minimum absolute atomic E-state index is 0.126. The summed E-state index contributed by atoms with van der Waals surface area (Å²) in [5, 5.41) is 21.4. The number of carbonyl (C=O) groups excluding carboxylic acids is 1. The fourth-order valence-corrected chi connectivity index (χ4v) is 3.03. The van der Waals surface area contributed by atoms with Gasteiger partial charge in [-0.25, -0.2) is 0 Å². The van der Waals surface area contributed by atoms with Crippen molar-refractivity contribution < 1.29 is 24.5 Å². The molecule has 0 aliphatic rings. The molecule has 0 aromatic heterocycles. The first-order valence-corrected chi connectivity index (χ1v) is 9.55. The molecule has 0 saturated heterocycles. The third-order valence-corrected chi connectivity index (χ3v) is 4.58. The number of ether oxygens (including phenoxy) is 1. The van der Waals surface area contributed by atoms with E-state index in [0.717, 1.165) is 22.3 Å². The van der Waals surface area contributed by atoms with Gasteiger partial charge in [0.2, 0.25) is 0 Å². The average Bonchev–Trinajstić information content (AvgIpc) is 2.76. The van der Waals surface area contributed by atoms with Crippen molar-refractivity contribution in [1.29, 1.82) is 0 Å². The number of benzene rings is 3. The standard InChI is InChI=1S/C24H23NO5/c26-21-8-4-7-20(14-21)19-11-9-17(10-12-19)13-22(25-15-23(27)28)24(29)30-16-18-5-2-1-3-6-18/h1-12,14,22,25-26H,13,15-16H2,(H,27,28)/t22-/m0/s1. The topological polar surface area (TPSA) is 95.9 Å². The van der Waals surface area contributed by atoms with E-state index >= 15 is 0 Å². The summed E-state index contributed by atoms with van der Waals surface area (Å²) >= 11 is 0. The van der Waals surface area contributed by atoms with Crippen LogP contribution in [0.25, 0.3) is 11.1 Å². The van der Waals surface area contributed by atoms with Crippen molar-refractivity contribution in [2.24, 2.45) is 0 Å². The van der Waals surface area contributed by atoms with Crippen LogP contribution in [0.1, 0.15) is 11.1 Å². The van der Waals surface area contributed by atoms with Crippen LogP contribution >= 0.6 is 0 Å². The van der Waals surface area contributed by atoms with Gasteiger partial charge in [0.15, 0.2) is 0 Å². The molecule has 3 rings (SSSR count). The summed E-state index contributed by atoms with van der Waals surface area (Å²) in [6, 6.07) is 23.0. The molecule has 3 aromatic carbocycles. The number of carboxylic acids is 1. The molecule has 0 spiro atoms. The molecule has 6 heteroatoms. The second kappa shape index (κ2) is 10.2. The van der Waals surface area contributed by atoms with Crippen molar-refractivity contribution >= 4 is 11.9 Å². The summed E-state index contributed by atoms with van der Waals surface area (Å²) in [4.78, 5) is 23.5. The Morgan fingerprint density at radius 2 is 1.60 bits per heavy atom. The van der Waals surface area contributed by atoms with Crippen molar-refractivity contribution in [3.63, 3.8) is 0 Å². The van der Waals surface area contributed by atoms with Gasteiger partial charge in [-0.05, 0) is 40.8 Å². The molecule has 0 radical (unpaired) electrons. The number of aromatic hydroxyl groups is 1. The number of phenolic OH excluding ortho intramolecular Hbond substituents is 1. The molecule has 0 heterocycles. The Bertz CT molecular complexity index is 986. The fourth-order valence-electron chi connectivity index (χ4n) is 3.03. The molecule has 0 bridgehead atoms. The summed E-state index contributed by atoms with van der Waals surface area (Å²) in [7, 11) is 0. The second-order valence-corrected chi connectivity index (χ2v) is 6.87. The van der Waals surface area contributed by atoms with Crippen LogP contribution in [0.15, 0.2) is 78.9 Å². The molecule has 1 atom stereocenters. The lowest BCUT2D eigenvalue weighted by Gasteiger charge is -2.17. The van der Waals surface area contributed by atoms with Crippen LogP contribution in [0.4, 0.5) is 0 Å². The average molecular weight is 405 g/mol. The molecule has 0 unspecified atom stereocenters. The Morgan fingerprint density at radius 1 is 0.867 bits per heavy atom. The van der Waals surface area contributed by atoms with Crippen molar-refractivity contribution in [3.8, 4) is 16.9 Å². The zero-order valence-corrected chi connectivity index (χ0v) is 16.3. The van der Waals surface area contributed by atoms with Gasteiger partial charge in [0.25, 0.3) is 0 Å². The second-order valence-electron chi connectivity index (χ2n) is 6.87. The van der Waals surface area contributed by atoms with Crippen molar-refractivity contribution in [2.45, 2.75) is 19.1 Å². The van der Waals surface area contributed by atoms with Gasteiger partial charge in [-0.15, -0.1) is 0 Å². The molecular weight excluding hydrogens is 382 g/mol. The van der Waals surface area contributed by atoms with Gasteiger partial charge in [0, 0.05) is 0 Å². The molecule has 0 amide bonds. The minimum Gasteiger partial charge on any atom is -0.508 e. The maximum absolute atomic E-state index is 12.6. The Morgan fingerprint density at radius 3 is 2.27 bits per heavy atom. The SMILES string of the molecule is O=C(O)CN[C@@H](Cc1ccc(-c2cccc(O)c2)cc1)C(=O)OCc1ccccc1. The van der Waals surface area contributed by atoms with Crippen molar-refractivity contribution in [1.82, 2.24) is 5.32 Å². The van der Waals surface area contributed by atoms with Gasteiger partial charge in [-0.3, -0.25) is 14.9 Å². The van der Waals surface area contributed by atoms with Gasteiger partial charge in [0.05, 0.1) is 6.54 Å². The molecular formula is C24H23NO5. The minimum atomic E-state index is -1.05. The number of rotatable bonds is 9. The number of nitrogens with one attached hydrogen (secondary N) is 1. The first kappa shape index (κ1) is 21.1. The highest BCUT2D eigenvalue weighted by molar-refractivity contribution is 5.78. The number of hydrogen-bond donors (Lipinski definition) is 3. The summed E-state index contributed by atoms with van der Waals surface area (Å²) in [5.74, 6) is -1.36. The number of phenols is 1. The Balaban J connectivity index is 1.67. The Labute approximate surface area is 174 Å². The van der Waals surface area contributed by atoms with E-state index in [9.17, 15) is 14.7 Å². The number of esters is 1. The lowest BCUT2D eigenvalue weighted by atomic mass is 10.0. The fraction of sp³-hybridized carbons (Fsp3) is 0.167. The van der Waals surface area contributed by atoms with Crippen LogP contribution in [-0.4, -0.2) is 34.7 Å². The van der Waals surface area contributed by atoms with Crippen LogP contribution in [-0.2, 0) is 27.4 Å². The van der Waals surface area contributed by atoms with Gasteiger partial charge < -0.3 is 14.9 Å². The lowest BCUT2D eigenvalue weighted by Crippen LogP contribution is -2.42. The zero-order valence-electron chi connectivity index (χ0n) is 16.3. The molecule has 0 saturated carbocycles. The quantitative estimate of drug-likeness (QED) is 0.472. The van der Waals surface area contributed by atoms with Crippen LogP contribution in [0.2, 0.25) is 0 Å². The molecule has 0 aliphatic carbocycles. The lowest BCUT2D eigenvalue weighted by molar-refractivity contribution is -0.147. The first-order chi connectivity index (χ1) is 14.5. The van der Waals surface area contributed by atoms with Gasteiger partial charge in [-0.2, -0.15) is 0 Å². The number of carbonyl (C=O) groups is 2. The summed E-state index contributed by atoms with van der Waals surface area (Å²) in [6.45, 7) is -0.214. The number of carboxylic acid groups (broad SMARTS) is 1. The molecule has 0 fully saturated rings. The number of hydrogen-bond acceptors (Lipinski definition) is 5. The molecule has 154 valence electrons. The van der Waals surface area contributed by atoms with E-state index in [-0.39, 0.29) is 18.9 Å². The van der Waals surface area contributed by atoms with Crippen LogP contribution < -0.4 is 5.32 Å². The smallest absolute Gasteiger partial charge is 0.323 e. The third kappa shape index (κ3) is 6.18. The first-order valence-electron chi connectivity index (χ1n) is 9.55. The Hall–Kier alpha value is -3.64. The largest absolute Gasteiger partial charge is 0.508 e. The summed E-state index contributed by atoms with van der Waals surface area (Å²) < 4.78 is 5.38. The van der Waals surface area contributed by atoms with E-state index < -0.39 is 18.0 Å². The maximum atomic E-state index is 12.6. The third-order valence-electron chi connectivity index (χ3n) is 4.58. The van der Waals surface area contributed by atoms with E-state index in [1.54, 1.807) is 18.2 Å². The summed E-state index contributed by atoms with van der Waals surface area (Å²) in [6.07, 6.45) is 0.293. The predicted octanol–water partition coefficient (Wildman–Crippen LogP) is 3.39. The van der Waals surface area contributed by atoms with Crippen LogP contribution in [0, 0.1) is 0 Å². The normalized spacial score (nSPS) is 11.6. The molecule has 0 aliphatic heterocycles. The summed E-state index contributed by atoms with van der Waals surface area (Å²) in [5.41, 5.74) is 3.53. The van der Waals surface area contributed by atoms with E-state index in [2.05, 4.69) is 5.32 Å². The van der Waals surface area contributed by atoms with Gasteiger partial charge in [0.1, 0.15) is 18.4 Å². The van der Waals surface area contributed by atoms with E-state index in [1.807, 2.05) is 60.7 Å². The van der Waals surface area contributed by atoms with Gasteiger partial charge in [-0.1, -0.05) is 66.7 Å². The molecule has 3 aromatic rings. The molecule has 30 heavy (non-hydrogen) atoms. The predicted molar refractivity (Wildman–Crippen MR) is 113 cm³/mol. The van der Waals surface area contributed by atoms with E-state index in [0.29, 0.717) is 6.42 Å². The van der Waals surface area contributed by atoms with Crippen molar-refractivity contribution in [2.75, 3.05) is 6.54 Å². The van der Waals surface area contributed by atoms with E-state index in [1.165, 1.54) is 0 Å².